The van der Waals surface area contributed by atoms with E-state index in [1.165, 1.54) is 11.8 Å². The van der Waals surface area contributed by atoms with Crippen LogP contribution in [0.4, 0.5) is 4.79 Å². The summed E-state index contributed by atoms with van der Waals surface area (Å²) >= 11 is 1.22. The quantitative estimate of drug-likeness (QED) is 0.835. The number of hydrogen-bond donors (Lipinski definition) is 0. The number of methoxy groups -OCH3 is 1. The average molecular weight is 351 g/mol. The second-order valence-corrected chi connectivity index (χ2v) is 6.76. The molecule has 1 amide bonds. The number of amidine groups is 1. The number of ether oxygens (including phenoxy) is 1. The van der Waals surface area contributed by atoms with Gasteiger partial charge in [0.1, 0.15) is 11.6 Å². The molecule has 0 saturated heterocycles. The second-order valence-electron chi connectivity index (χ2n) is 5.83. The highest BCUT2D eigenvalue weighted by molar-refractivity contribution is 8.14. The number of carbonyl (C=O) groups excluding carboxylic acids is 1. The molecule has 2 aliphatic rings. The summed E-state index contributed by atoms with van der Waals surface area (Å²) in [5.74, 6) is 2.11. The molecule has 2 heterocycles. The van der Waals surface area contributed by atoms with E-state index in [1.807, 2.05) is 47.5 Å². The number of benzene rings is 2. The lowest BCUT2D eigenvalue weighted by Crippen LogP contribution is -2.27. The zero-order valence-corrected chi connectivity index (χ0v) is 14.6. The SMILES string of the molecule is COc1ccc([C@@H]2CC(c3ccccc3)=NN2C2=NC(=O)SC2)cc1. The predicted molar refractivity (Wildman–Crippen MR) is 100 cm³/mol. The fourth-order valence-corrected chi connectivity index (χ4v) is 3.67. The summed E-state index contributed by atoms with van der Waals surface area (Å²) < 4.78 is 5.25. The summed E-state index contributed by atoms with van der Waals surface area (Å²) in [6.07, 6.45) is 0.772. The van der Waals surface area contributed by atoms with Crippen molar-refractivity contribution in [1.29, 1.82) is 0 Å². The molecule has 2 aromatic carbocycles. The zero-order chi connectivity index (χ0) is 17.2. The Bertz CT molecular complexity index is 847. The lowest BCUT2D eigenvalue weighted by molar-refractivity contribution is 0.267. The van der Waals surface area contributed by atoms with E-state index in [0.717, 1.165) is 34.8 Å². The van der Waals surface area contributed by atoms with E-state index in [1.54, 1.807) is 7.11 Å². The van der Waals surface area contributed by atoms with Gasteiger partial charge in [-0.05, 0) is 23.3 Å². The van der Waals surface area contributed by atoms with Crippen LogP contribution in [-0.4, -0.2) is 34.7 Å². The maximum absolute atomic E-state index is 11.6. The van der Waals surface area contributed by atoms with Crippen LogP contribution in [0.3, 0.4) is 0 Å². The standard InChI is InChI=1S/C19H17N3O2S/c1-24-15-9-7-14(8-10-15)17-11-16(13-5-3-2-4-6-13)21-22(17)18-12-25-19(23)20-18/h2-10,17H,11-12H2,1H3/t17-/m0/s1. The van der Waals surface area contributed by atoms with E-state index >= 15 is 0 Å². The van der Waals surface area contributed by atoms with Gasteiger partial charge < -0.3 is 4.74 Å². The van der Waals surface area contributed by atoms with Gasteiger partial charge in [0.05, 0.1) is 24.6 Å². The monoisotopic (exact) mass is 351 g/mol. The molecular formula is C19H17N3O2S. The second kappa shape index (κ2) is 6.72. The first kappa shape index (κ1) is 15.9. The molecule has 5 nitrogen and oxygen atoms in total. The lowest BCUT2D eigenvalue weighted by Gasteiger charge is -2.23. The van der Waals surface area contributed by atoms with Crippen LogP contribution in [0.15, 0.2) is 64.7 Å². The molecule has 126 valence electrons. The first-order chi connectivity index (χ1) is 12.2. The maximum Gasteiger partial charge on any atom is 0.307 e. The molecule has 0 spiro atoms. The number of nitrogens with zero attached hydrogens (tertiary/aromatic N) is 3. The van der Waals surface area contributed by atoms with E-state index in [-0.39, 0.29) is 11.3 Å². The third-order valence-corrected chi connectivity index (χ3v) is 5.07. The fourth-order valence-electron chi connectivity index (χ4n) is 3.05. The summed E-state index contributed by atoms with van der Waals surface area (Å²) in [6, 6.07) is 18.2. The van der Waals surface area contributed by atoms with Crippen LogP contribution in [0.1, 0.15) is 23.6 Å². The van der Waals surface area contributed by atoms with Crippen LogP contribution in [-0.2, 0) is 0 Å². The number of rotatable bonds is 3. The molecule has 25 heavy (non-hydrogen) atoms. The van der Waals surface area contributed by atoms with Crippen molar-refractivity contribution in [1.82, 2.24) is 5.01 Å². The van der Waals surface area contributed by atoms with Gasteiger partial charge in [0, 0.05) is 6.42 Å². The summed E-state index contributed by atoms with van der Waals surface area (Å²) in [6.45, 7) is 0. The number of aliphatic imine (C=N–C) groups is 1. The Morgan fingerprint density at radius 1 is 1.12 bits per heavy atom. The van der Waals surface area contributed by atoms with Crippen molar-refractivity contribution in [3.8, 4) is 5.75 Å². The number of thioether (sulfide) groups is 1. The molecule has 2 aliphatic heterocycles. The van der Waals surface area contributed by atoms with Crippen molar-refractivity contribution >= 4 is 28.5 Å². The Kier molecular flexibility index (Phi) is 4.28. The Balaban J connectivity index is 1.69. The van der Waals surface area contributed by atoms with Gasteiger partial charge in [-0.15, -0.1) is 0 Å². The summed E-state index contributed by atoms with van der Waals surface area (Å²) in [5.41, 5.74) is 3.23. The molecule has 1 atom stereocenters. The van der Waals surface area contributed by atoms with Gasteiger partial charge in [0.2, 0.25) is 0 Å². The van der Waals surface area contributed by atoms with E-state index in [9.17, 15) is 4.79 Å². The van der Waals surface area contributed by atoms with Crippen molar-refractivity contribution in [2.75, 3.05) is 12.9 Å². The van der Waals surface area contributed by atoms with Crippen molar-refractivity contribution in [3.63, 3.8) is 0 Å². The van der Waals surface area contributed by atoms with E-state index in [2.05, 4.69) is 17.1 Å². The van der Waals surface area contributed by atoms with Gasteiger partial charge in [-0.3, -0.25) is 4.79 Å². The predicted octanol–water partition coefficient (Wildman–Crippen LogP) is 4.11. The molecular weight excluding hydrogens is 334 g/mol. The minimum absolute atomic E-state index is 0.0337. The first-order valence-electron chi connectivity index (χ1n) is 8.05. The van der Waals surface area contributed by atoms with E-state index in [4.69, 9.17) is 9.84 Å². The van der Waals surface area contributed by atoms with Gasteiger partial charge in [-0.2, -0.15) is 10.1 Å². The molecule has 6 heteroatoms. The van der Waals surface area contributed by atoms with Crippen LogP contribution in [0, 0.1) is 0 Å². The number of hydrazone groups is 1. The van der Waals surface area contributed by atoms with Crippen LogP contribution in [0.25, 0.3) is 0 Å². The Labute approximate surface area is 150 Å². The van der Waals surface area contributed by atoms with Crippen molar-refractivity contribution in [3.05, 3.63) is 65.7 Å². The molecule has 0 fully saturated rings. The molecule has 0 radical (unpaired) electrons. The van der Waals surface area contributed by atoms with Gasteiger partial charge in [0.15, 0.2) is 0 Å². The van der Waals surface area contributed by atoms with Crippen LogP contribution in [0.5, 0.6) is 5.75 Å². The molecule has 0 bridgehead atoms. The lowest BCUT2D eigenvalue weighted by atomic mass is 9.98. The minimum Gasteiger partial charge on any atom is -0.497 e. The van der Waals surface area contributed by atoms with Crippen molar-refractivity contribution < 1.29 is 9.53 Å². The van der Waals surface area contributed by atoms with Crippen molar-refractivity contribution in [2.45, 2.75) is 12.5 Å². The molecule has 0 aliphatic carbocycles. The molecule has 2 aromatic rings. The van der Waals surface area contributed by atoms with Gasteiger partial charge in [0.25, 0.3) is 0 Å². The van der Waals surface area contributed by atoms with E-state index < -0.39 is 0 Å². The number of carbonyl (C=O) groups is 1. The van der Waals surface area contributed by atoms with Crippen LogP contribution >= 0.6 is 11.8 Å². The smallest absolute Gasteiger partial charge is 0.307 e. The first-order valence-corrected chi connectivity index (χ1v) is 9.03. The molecule has 0 saturated carbocycles. The topological polar surface area (TPSA) is 54.3 Å². The minimum atomic E-state index is -0.146. The highest BCUT2D eigenvalue weighted by Crippen LogP contribution is 2.35. The number of amides is 1. The Morgan fingerprint density at radius 2 is 1.88 bits per heavy atom. The summed E-state index contributed by atoms with van der Waals surface area (Å²) in [7, 11) is 1.66. The normalized spacial score (nSPS) is 19.8. The van der Waals surface area contributed by atoms with Gasteiger partial charge in [-0.25, -0.2) is 5.01 Å². The highest BCUT2D eigenvalue weighted by Gasteiger charge is 2.34. The molecule has 0 aromatic heterocycles. The maximum atomic E-state index is 11.6. The molecule has 0 N–H and O–H groups in total. The third kappa shape index (κ3) is 3.17. The summed E-state index contributed by atoms with van der Waals surface area (Å²) in [4.78, 5) is 15.7. The average Bonchev–Trinajstić information content (AvgIpc) is 3.29. The molecule has 4 rings (SSSR count). The largest absolute Gasteiger partial charge is 0.497 e. The van der Waals surface area contributed by atoms with Gasteiger partial charge >= 0.3 is 5.24 Å². The Morgan fingerprint density at radius 3 is 2.52 bits per heavy atom. The highest BCUT2D eigenvalue weighted by atomic mass is 32.2. The van der Waals surface area contributed by atoms with Crippen molar-refractivity contribution in [2.24, 2.45) is 10.1 Å². The van der Waals surface area contributed by atoms with Crippen LogP contribution in [0.2, 0.25) is 0 Å². The zero-order valence-electron chi connectivity index (χ0n) is 13.8. The fraction of sp³-hybridized carbons (Fsp3) is 0.211. The van der Waals surface area contributed by atoms with Gasteiger partial charge in [-0.1, -0.05) is 54.2 Å². The molecule has 0 unspecified atom stereocenters. The number of hydrogen-bond acceptors (Lipinski definition) is 5. The third-order valence-electron chi connectivity index (χ3n) is 4.33. The Hall–Kier alpha value is -2.60. The summed E-state index contributed by atoms with van der Waals surface area (Å²) in [5, 5.41) is 6.56. The van der Waals surface area contributed by atoms with E-state index in [0.29, 0.717) is 5.75 Å². The van der Waals surface area contributed by atoms with Crippen LogP contribution < -0.4 is 4.74 Å².